The number of ether oxygens (including phenoxy) is 1. The summed E-state index contributed by atoms with van der Waals surface area (Å²) in [6, 6.07) is 6.94. The molecule has 1 aliphatic rings. The molecule has 0 spiro atoms. The van der Waals surface area contributed by atoms with Gasteiger partial charge in [-0.1, -0.05) is 19.1 Å². The van der Waals surface area contributed by atoms with Gasteiger partial charge in [-0.25, -0.2) is 18.1 Å². The van der Waals surface area contributed by atoms with Crippen molar-refractivity contribution in [2.75, 3.05) is 39.9 Å². The minimum atomic E-state index is -3.53. The molecule has 0 atom stereocenters. The number of sulfonamides is 1. The SMILES string of the molecule is CCNC(=NCc1cccc(S(=O)(=O)NCCOC)c1)N1CCC(C)CC1. The predicted octanol–water partition coefficient (Wildman–Crippen LogP) is 1.81. The third-order valence-corrected chi connectivity index (χ3v) is 6.10. The summed E-state index contributed by atoms with van der Waals surface area (Å²) < 4.78 is 32.1. The summed E-state index contributed by atoms with van der Waals surface area (Å²) in [5.41, 5.74) is 0.866. The minimum absolute atomic E-state index is 0.249. The van der Waals surface area contributed by atoms with Crippen LogP contribution in [0.2, 0.25) is 0 Å². The molecule has 1 fully saturated rings. The third-order valence-electron chi connectivity index (χ3n) is 4.64. The number of rotatable bonds is 8. The molecule has 1 aromatic rings. The van der Waals surface area contributed by atoms with Crippen LogP contribution in [-0.2, 0) is 21.3 Å². The Balaban J connectivity index is 2.07. The monoisotopic (exact) mass is 396 g/mol. The number of guanidine groups is 1. The highest BCUT2D eigenvalue weighted by Crippen LogP contribution is 2.17. The molecule has 1 aromatic carbocycles. The van der Waals surface area contributed by atoms with E-state index < -0.39 is 10.0 Å². The highest BCUT2D eigenvalue weighted by atomic mass is 32.2. The molecule has 27 heavy (non-hydrogen) atoms. The molecular weight excluding hydrogens is 364 g/mol. The zero-order chi connectivity index (χ0) is 19.7. The lowest BCUT2D eigenvalue weighted by molar-refractivity contribution is 0.204. The molecule has 2 N–H and O–H groups in total. The summed E-state index contributed by atoms with van der Waals surface area (Å²) in [6.07, 6.45) is 2.34. The number of methoxy groups -OCH3 is 1. The number of hydrogen-bond acceptors (Lipinski definition) is 4. The molecule has 0 radical (unpaired) electrons. The minimum Gasteiger partial charge on any atom is -0.383 e. The summed E-state index contributed by atoms with van der Waals surface area (Å²) >= 11 is 0. The van der Waals surface area contributed by atoms with E-state index in [2.05, 4.69) is 28.8 Å². The first kappa shape index (κ1) is 21.7. The van der Waals surface area contributed by atoms with Gasteiger partial charge in [-0.15, -0.1) is 0 Å². The van der Waals surface area contributed by atoms with Gasteiger partial charge in [0.05, 0.1) is 18.0 Å². The maximum absolute atomic E-state index is 12.4. The van der Waals surface area contributed by atoms with Gasteiger partial charge in [0.1, 0.15) is 0 Å². The molecule has 0 saturated carbocycles. The van der Waals surface area contributed by atoms with E-state index in [9.17, 15) is 8.42 Å². The summed E-state index contributed by atoms with van der Waals surface area (Å²) in [5, 5.41) is 3.35. The van der Waals surface area contributed by atoms with Crippen molar-refractivity contribution >= 4 is 16.0 Å². The lowest BCUT2D eigenvalue weighted by atomic mass is 10.00. The number of nitrogens with zero attached hydrogens (tertiary/aromatic N) is 2. The van der Waals surface area contributed by atoms with E-state index in [1.165, 1.54) is 20.0 Å². The first-order valence-corrected chi connectivity index (χ1v) is 11.1. The number of likely N-dealkylation sites (tertiary alicyclic amines) is 1. The van der Waals surface area contributed by atoms with E-state index in [4.69, 9.17) is 9.73 Å². The van der Waals surface area contributed by atoms with Crippen LogP contribution in [0.3, 0.4) is 0 Å². The average molecular weight is 397 g/mol. The van der Waals surface area contributed by atoms with Gasteiger partial charge >= 0.3 is 0 Å². The van der Waals surface area contributed by atoms with Gasteiger partial charge in [-0.2, -0.15) is 0 Å². The molecule has 0 unspecified atom stereocenters. The van der Waals surface area contributed by atoms with Crippen LogP contribution in [-0.4, -0.2) is 59.2 Å². The standard InChI is InChI=1S/C19H32N4O3S/c1-4-20-19(23-11-8-16(2)9-12-23)21-15-17-6-5-7-18(14-17)27(24,25)22-10-13-26-3/h5-7,14,16,22H,4,8-13,15H2,1-3H3,(H,20,21). The highest BCUT2D eigenvalue weighted by molar-refractivity contribution is 7.89. The molecule has 8 heteroatoms. The Morgan fingerprint density at radius 1 is 1.33 bits per heavy atom. The zero-order valence-electron chi connectivity index (χ0n) is 16.6. The van der Waals surface area contributed by atoms with E-state index in [0.717, 1.165) is 37.1 Å². The Labute approximate surface area is 163 Å². The van der Waals surface area contributed by atoms with Crippen molar-refractivity contribution in [2.45, 2.75) is 38.1 Å². The van der Waals surface area contributed by atoms with E-state index in [1.54, 1.807) is 18.2 Å². The molecule has 1 saturated heterocycles. The van der Waals surface area contributed by atoms with Crippen molar-refractivity contribution in [3.8, 4) is 0 Å². The Morgan fingerprint density at radius 3 is 2.74 bits per heavy atom. The third kappa shape index (κ3) is 6.79. The maximum atomic E-state index is 12.4. The van der Waals surface area contributed by atoms with Gasteiger partial charge in [0.2, 0.25) is 10.0 Å². The van der Waals surface area contributed by atoms with E-state index >= 15 is 0 Å². The van der Waals surface area contributed by atoms with E-state index in [0.29, 0.717) is 13.2 Å². The molecule has 2 rings (SSSR count). The van der Waals surface area contributed by atoms with Gasteiger partial charge in [0.15, 0.2) is 5.96 Å². The van der Waals surface area contributed by atoms with Crippen LogP contribution < -0.4 is 10.0 Å². The topological polar surface area (TPSA) is 83.0 Å². The van der Waals surface area contributed by atoms with Gasteiger partial charge < -0.3 is 15.0 Å². The fourth-order valence-electron chi connectivity index (χ4n) is 2.98. The summed E-state index contributed by atoms with van der Waals surface area (Å²) in [6.45, 7) is 8.19. The van der Waals surface area contributed by atoms with Gasteiger partial charge in [-0.3, -0.25) is 0 Å². The van der Waals surface area contributed by atoms with Crippen LogP contribution in [0.15, 0.2) is 34.2 Å². The van der Waals surface area contributed by atoms with Crippen molar-refractivity contribution in [2.24, 2.45) is 10.9 Å². The molecule has 0 amide bonds. The second-order valence-electron chi connectivity index (χ2n) is 6.88. The second-order valence-corrected chi connectivity index (χ2v) is 8.64. The fraction of sp³-hybridized carbons (Fsp3) is 0.632. The second kappa shape index (κ2) is 10.6. The Morgan fingerprint density at radius 2 is 2.07 bits per heavy atom. The average Bonchev–Trinajstić information content (AvgIpc) is 2.66. The smallest absolute Gasteiger partial charge is 0.240 e. The van der Waals surface area contributed by atoms with Crippen LogP contribution in [0.1, 0.15) is 32.3 Å². The molecule has 0 bridgehead atoms. The lowest BCUT2D eigenvalue weighted by Crippen LogP contribution is -2.45. The molecule has 1 heterocycles. The predicted molar refractivity (Wildman–Crippen MR) is 108 cm³/mol. The Kier molecular flexibility index (Phi) is 8.53. The lowest BCUT2D eigenvalue weighted by Gasteiger charge is -2.33. The van der Waals surface area contributed by atoms with Crippen molar-refractivity contribution < 1.29 is 13.2 Å². The maximum Gasteiger partial charge on any atom is 0.240 e. The fourth-order valence-corrected chi connectivity index (χ4v) is 4.07. The summed E-state index contributed by atoms with van der Waals surface area (Å²) in [4.78, 5) is 7.27. The molecule has 0 aliphatic carbocycles. The molecular formula is C19H32N4O3S. The van der Waals surface area contributed by atoms with Crippen LogP contribution in [0.5, 0.6) is 0 Å². The molecule has 1 aliphatic heterocycles. The Hall–Kier alpha value is -1.64. The summed E-state index contributed by atoms with van der Waals surface area (Å²) in [5.74, 6) is 1.66. The van der Waals surface area contributed by atoms with Crippen molar-refractivity contribution in [3.05, 3.63) is 29.8 Å². The van der Waals surface area contributed by atoms with Gasteiger partial charge in [-0.05, 0) is 43.4 Å². The van der Waals surface area contributed by atoms with Crippen LogP contribution in [0, 0.1) is 5.92 Å². The zero-order valence-corrected chi connectivity index (χ0v) is 17.4. The van der Waals surface area contributed by atoms with Gasteiger partial charge in [0.25, 0.3) is 0 Å². The number of nitrogens with one attached hydrogen (secondary N) is 2. The Bertz CT molecular complexity index is 713. The number of piperidine rings is 1. The number of aliphatic imine (C=N–C) groups is 1. The van der Waals surface area contributed by atoms with Crippen molar-refractivity contribution in [3.63, 3.8) is 0 Å². The molecule has 0 aromatic heterocycles. The van der Waals surface area contributed by atoms with Crippen molar-refractivity contribution in [1.82, 2.24) is 14.9 Å². The number of benzene rings is 1. The summed E-state index contributed by atoms with van der Waals surface area (Å²) in [7, 11) is -2.00. The highest BCUT2D eigenvalue weighted by Gasteiger charge is 2.18. The largest absolute Gasteiger partial charge is 0.383 e. The first-order chi connectivity index (χ1) is 13.0. The molecule has 7 nitrogen and oxygen atoms in total. The quantitative estimate of drug-likeness (QED) is 0.398. The van der Waals surface area contributed by atoms with Crippen LogP contribution in [0.4, 0.5) is 0 Å². The van der Waals surface area contributed by atoms with Crippen LogP contribution in [0.25, 0.3) is 0 Å². The van der Waals surface area contributed by atoms with E-state index in [1.807, 2.05) is 6.07 Å². The van der Waals surface area contributed by atoms with Gasteiger partial charge in [0, 0.05) is 33.3 Å². The van der Waals surface area contributed by atoms with Crippen LogP contribution >= 0.6 is 0 Å². The normalized spacial score (nSPS) is 16.6. The number of hydrogen-bond donors (Lipinski definition) is 2. The van der Waals surface area contributed by atoms with E-state index in [-0.39, 0.29) is 11.4 Å². The molecule has 152 valence electrons. The van der Waals surface area contributed by atoms with Crippen molar-refractivity contribution in [1.29, 1.82) is 0 Å². The first-order valence-electron chi connectivity index (χ1n) is 9.57.